The Labute approximate surface area is 180 Å². The van der Waals surface area contributed by atoms with Crippen LogP contribution in [0.1, 0.15) is 78.6 Å². The molecule has 2 rings (SSSR count). The first-order chi connectivity index (χ1) is 13.5. The van der Waals surface area contributed by atoms with E-state index in [0.29, 0.717) is 12.5 Å². The average Bonchev–Trinajstić information content (AvgIpc) is 2.64. The molecule has 0 aromatic heterocycles. The van der Waals surface area contributed by atoms with Crippen LogP contribution in [0.2, 0.25) is 0 Å². The van der Waals surface area contributed by atoms with Crippen molar-refractivity contribution < 1.29 is 32.7 Å². The van der Waals surface area contributed by atoms with Gasteiger partial charge in [0, 0.05) is 17.3 Å². The van der Waals surface area contributed by atoms with Crippen LogP contribution in [-0.4, -0.2) is 38.7 Å². The largest absolute Gasteiger partial charge is 0.396 e. The van der Waals surface area contributed by atoms with E-state index in [4.69, 9.17) is 24.3 Å². The van der Waals surface area contributed by atoms with Gasteiger partial charge in [0.2, 0.25) is 9.05 Å². The molecule has 0 aromatic rings. The number of rotatable bonds is 2. The van der Waals surface area contributed by atoms with E-state index < -0.39 is 9.05 Å². The molecule has 0 amide bonds. The van der Waals surface area contributed by atoms with Gasteiger partial charge in [-0.1, -0.05) is 65.7 Å². The van der Waals surface area contributed by atoms with Crippen molar-refractivity contribution in [3.8, 4) is 0 Å². The lowest BCUT2D eigenvalue weighted by Crippen LogP contribution is -2.14. The van der Waals surface area contributed by atoms with Crippen molar-refractivity contribution in [2.75, 3.05) is 12.9 Å². The molecule has 172 valence electrons. The molecule has 0 saturated heterocycles. The molecule has 29 heavy (non-hydrogen) atoms. The van der Waals surface area contributed by atoms with Crippen LogP contribution in [0.25, 0.3) is 0 Å². The van der Waals surface area contributed by atoms with E-state index in [2.05, 4.69) is 31.5 Å². The van der Waals surface area contributed by atoms with E-state index in [1.165, 1.54) is 57.8 Å². The molecule has 0 radical (unpaired) electrons. The Morgan fingerprint density at radius 2 is 1.03 bits per heavy atom. The summed E-state index contributed by atoms with van der Waals surface area (Å²) in [6.45, 7) is 7.41. The topological polar surface area (TPSA) is 123 Å². The summed E-state index contributed by atoms with van der Waals surface area (Å²) in [5.41, 5.74) is 0. The van der Waals surface area contributed by atoms with Gasteiger partial charge in [0.1, 0.15) is 0 Å². The highest BCUT2D eigenvalue weighted by Gasteiger charge is 2.16. The van der Waals surface area contributed by atoms with Gasteiger partial charge in [0.15, 0.2) is 0 Å². The van der Waals surface area contributed by atoms with Gasteiger partial charge in [-0.25, -0.2) is 8.42 Å². The van der Waals surface area contributed by atoms with Crippen LogP contribution in [0.5, 0.6) is 0 Å². The normalized spacial score (nSPS) is 25.3. The molecule has 0 bridgehead atoms. The molecule has 7 nitrogen and oxygen atoms in total. The SMILES string of the molecule is CC1CCC(CO)CC1.CCC1CCC(C)CC1.CS(=O)(=O)Cl.O=C=O.O=C=O. The molecular weight excluding hydrogens is 420 g/mol. The zero-order valence-corrected chi connectivity index (χ0v) is 19.6. The maximum Gasteiger partial charge on any atom is 0.373 e. The lowest BCUT2D eigenvalue weighted by Gasteiger charge is -2.24. The van der Waals surface area contributed by atoms with Gasteiger partial charge in [0.05, 0.1) is 6.26 Å². The fourth-order valence-electron chi connectivity index (χ4n) is 3.25. The van der Waals surface area contributed by atoms with Gasteiger partial charge in [-0.05, 0) is 36.5 Å². The summed E-state index contributed by atoms with van der Waals surface area (Å²) in [4.78, 5) is 32.5. The minimum absolute atomic E-state index is 0.250. The minimum atomic E-state index is -3.19. The molecule has 2 aliphatic carbocycles. The van der Waals surface area contributed by atoms with Crippen LogP contribution in [0.15, 0.2) is 0 Å². The number of aliphatic hydroxyl groups excluding tert-OH is 1. The van der Waals surface area contributed by atoms with E-state index in [9.17, 15) is 8.42 Å². The van der Waals surface area contributed by atoms with Gasteiger partial charge in [-0.15, -0.1) is 0 Å². The van der Waals surface area contributed by atoms with Gasteiger partial charge in [0.25, 0.3) is 0 Å². The van der Waals surface area contributed by atoms with Crippen molar-refractivity contribution in [3.05, 3.63) is 0 Å². The lowest BCUT2D eigenvalue weighted by molar-refractivity contribution is -0.193. The number of hydrogen-bond donors (Lipinski definition) is 1. The summed E-state index contributed by atoms with van der Waals surface area (Å²) in [7, 11) is 1.31. The fraction of sp³-hybridized carbons (Fsp3) is 0.900. The minimum Gasteiger partial charge on any atom is -0.396 e. The summed E-state index contributed by atoms with van der Waals surface area (Å²) in [5, 5.41) is 8.78. The summed E-state index contributed by atoms with van der Waals surface area (Å²) in [6, 6.07) is 0. The molecule has 2 aliphatic rings. The molecule has 2 fully saturated rings. The number of hydrogen-bond acceptors (Lipinski definition) is 7. The average molecular weight is 457 g/mol. The van der Waals surface area contributed by atoms with Gasteiger partial charge >= 0.3 is 12.3 Å². The Kier molecular flexibility index (Phi) is 24.4. The molecule has 9 heteroatoms. The first-order valence-corrected chi connectivity index (χ1v) is 12.7. The van der Waals surface area contributed by atoms with Crippen molar-refractivity contribution in [2.45, 2.75) is 78.6 Å². The standard InChI is InChI=1S/C9H18.C8H16O.CH3ClO2S.2CO2/c1-3-9-6-4-8(2)5-7-9;1-7-2-4-8(6-9)5-3-7;1-5(2,3)4;2*2-1-3/h8-9H,3-7H2,1-2H3;7-9H,2-6H2,1H3;1H3;;. The maximum absolute atomic E-state index is 9.40. The predicted octanol–water partition coefficient (Wildman–Crippen LogP) is 4.05. The highest BCUT2D eigenvalue weighted by atomic mass is 35.7. The van der Waals surface area contributed by atoms with Crippen LogP contribution in [0.4, 0.5) is 0 Å². The molecule has 0 aliphatic heterocycles. The quantitative estimate of drug-likeness (QED) is 0.621. The van der Waals surface area contributed by atoms with Gasteiger partial charge in [-0.2, -0.15) is 19.2 Å². The van der Waals surface area contributed by atoms with E-state index >= 15 is 0 Å². The monoisotopic (exact) mass is 456 g/mol. The zero-order valence-electron chi connectivity index (χ0n) is 18.1. The van der Waals surface area contributed by atoms with Crippen molar-refractivity contribution in [2.24, 2.45) is 23.7 Å². The summed E-state index contributed by atoms with van der Waals surface area (Å²) >= 11 is 0. The molecule has 0 aromatic carbocycles. The van der Waals surface area contributed by atoms with Crippen molar-refractivity contribution >= 4 is 32.0 Å². The lowest BCUT2D eigenvalue weighted by atomic mass is 9.82. The first-order valence-electron chi connectivity index (χ1n) is 9.97. The summed E-state index contributed by atoms with van der Waals surface area (Å²) < 4.78 is 18.8. The van der Waals surface area contributed by atoms with Crippen LogP contribution in [0, 0.1) is 23.7 Å². The Balaban J connectivity index is -0.000000317. The second-order valence-corrected chi connectivity index (χ2v) is 10.7. The van der Waals surface area contributed by atoms with Crippen LogP contribution < -0.4 is 0 Å². The third kappa shape index (κ3) is 31.9. The van der Waals surface area contributed by atoms with E-state index in [1.807, 2.05) is 0 Å². The van der Waals surface area contributed by atoms with Gasteiger partial charge < -0.3 is 5.11 Å². The molecule has 0 spiro atoms. The fourth-order valence-corrected chi connectivity index (χ4v) is 3.25. The van der Waals surface area contributed by atoms with Gasteiger partial charge in [-0.3, -0.25) is 0 Å². The van der Waals surface area contributed by atoms with Crippen LogP contribution >= 0.6 is 10.7 Å². The summed E-state index contributed by atoms with van der Waals surface area (Å²) in [6.07, 6.45) is 13.9. The number of carbonyl (C=O) groups excluding carboxylic acids is 4. The Bertz CT molecular complexity index is 481. The third-order valence-corrected chi connectivity index (χ3v) is 5.11. The number of halogens is 1. The van der Waals surface area contributed by atoms with Crippen LogP contribution in [-0.2, 0) is 28.2 Å². The van der Waals surface area contributed by atoms with Crippen molar-refractivity contribution in [3.63, 3.8) is 0 Å². The second kappa shape index (κ2) is 21.7. The first kappa shape index (κ1) is 32.6. The van der Waals surface area contributed by atoms with Crippen LogP contribution in [0.3, 0.4) is 0 Å². The van der Waals surface area contributed by atoms with Crippen molar-refractivity contribution in [1.82, 2.24) is 0 Å². The predicted molar refractivity (Wildman–Crippen MR) is 110 cm³/mol. The smallest absolute Gasteiger partial charge is 0.373 e. The molecule has 1 N–H and O–H groups in total. The highest BCUT2D eigenvalue weighted by Crippen LogP contribution is 2.29. The van der Waals surface area contributed by atoms with Crippen molar-refractivity contribution in [1.29, 1.82) is 0 Å². The second-order valence-electron chi connectivity index (χ2n) is 7.69. The molecule has 0 atom stereocenters. The third-order valence-electron chi connectivity index (χ3n) is 5.11. The Morgan fingerprint density at radius 1 is 0.793 bits per heavy atom. The van der Waals surface area contributed by atoms with E-state index in [-0.39, 0.29) is 12.3 Å². The maximum atomic E-state index is 9.40. The van der Waals surface area contributed by atoms with E-state index in [1.54, 1.807) is 0 Å². The highest BCUT2D eigenvalue weighted by molar-refractivity contribution is 8.13. The summed E-state index contributed by atoms with van der Waals surface area (Å²) in [5.74, 6) is 3.63. The van der Waals surface area contributed by atoms with E-state index in [0.717, 1.165) is 24.0 Å². The molecule has 2 saturated carbocycles. The Morgan fingerprint density at radius 3 is 1.24 bits per heavy atom. The molecular formula is C20H37ClO7S. The number of aliphatic hydroxyl groups is 1. The molecule has 0 heterocycles. The molecule has 0 unspecified atom stereocenters. The Hall–Kier alpha value is -1.04. The zero-order chi connectivity index (χ0) is 23.3.